The Bertz CT molecular complexity index is 236. The predicted molar refractivity (Wildman–Crippen MR) is 65.0 cm³/mol. The van der Waals surface area contributed by atoms with E-state index >= 15 is 0 Å². The van der Waals surface area contributed by atoms with Gasteiger partial charge in [-0.2, -0.15) is 0 Å². The molecule has 0 atom stereocenters. The third kappa shape index (κ3) is 3.51. The quantitative estimate of drug-likeness (QED) is 0.682. The van der Waals surface area contributed by atoms with E-state index in [1.807, 2.05) is 27.7 Å². The van der Waals surface area contributed by atoms with E-state index in [1.54, 1.807) is 30.8 Å². The maximum Gasteiger partial charge on any atom is 0.234 e. The fourth-order valence-corrected chi connectivity index (χ4v) is 1.23. The summed E-state index contributed by atoms with van der Waals surface area (Å²) in [6.07, 6.45) is 0. The molecule has 0 saturated carbocycles. The molecule has 0 aliphatic carbocycles. The maximum absolute atomic E-state index is 11.9. The Morgan fingerprint density at radius 2 is 1.00 bits per heavy atom. The fourth-order valence-electron chi connectivity index (χ4n) is 1.23. The van der Waals surface area contributed by atoms with E-state index in [2.05, 4.69) is 0 Å². The molecule has 4 nitrogen and oxygen atoms in total. The van der Waals surface area contributed by atoms with E-state index in [0.717, 1.165) is 0 Å². The zero-order valence-electron chi connectivity index (χ0n) is 11.4. The van der Waals surface area contributed by atoms with Gasteiger partial charge >= 0.3 is 0 Å². The van der Waals surface area contributed by atoms with Gasteiger partial charge in [-0.15, -0.1) is 0 Å². The molecule has 0 spiro atoms. The molecule has 94 valence electrons. The normalized spacial score (nSPS) is 11.1. The largest absolute Gasteiger partial charge is 0.343 e. The first kappa shape index (κ1) is 14.9. The molecule has 0 rings (SSSR count). The Morgan fingerprint density at radius 1 is 0.750 bits per heavy atom. The zero-order chi connectivity index (χ0) is 13.0. The third-order valence-electron chi connectivity index (χ3n) is 2.99. The van der Waals surface area contributed by atoms with Crippen molar-refractivity contribution in [1.82, 2.24) is 9.80 Å². The number of rotatable bonds is 4. The van der Waals surface area contributed by atoms with Gasteiger partial charge < -0.3 is 9.80 Å². The molecule has 2 amide bonds. The Balaban J connectivity index is 4.62. The number of carbonyl (C=O) groups is 2. The predicted octanol–water partition coefficient (Wildman–Crippen LogP) is 1.36. The van der Waals surface area contributed by atoms with Crippen molar-refractivity contribution in [2.75, 3.05) is 14.1 Å². The molecule has 0 heterocycles. The summed E-state index contributed by atoms with van der Waals surface area (Å²) in [4.78, 5) is 27.1. The highest BCUT2D eigenvalue weighted by molar-refractivity contribution is 5.99. The second-order valence-electron chi connectivity index (χ2n) is 4.81. The van der Waals surface area contributed by atoms with Crippen LogP contribution in [-0.4, -0.2) is 47.8 Å². The third-order valence-corrected chi connectivity index (χ3v) is 2.99. The highest BCUT2D eigenvalue weighted by Gasteiger charge is 2.28. The SMILES string of the molecule is CC(C(=O)N(C)C(C)C)C(=O)N(C)C(C)C. The molecule has 0 fully saturated rings. The molecule has 0 bridgehead atoms. The lowest BCUT2D eigenvalue weighted by Gasteiger charge is -2.28. The summed E-state index contributed by atoms with van der Waals surface area (Å²) in [5.74, 6) is -0.834. The number of nitrogens with zero attached hydrogens (tertiary/aromatic N) is 2. The average Bonchev–Trinajstić information content (AvgIpc) is 2.23. The van der Waals surface area contributed by atoms with Crippen LogP contribution in [0.5, 0.6) is 0 Å². The Morgan fingerprint density at radius 3 is 1.19 bits per heavy atom. The molecule has 0 aromatic carbocycles. The second-order valence-corrected chi connectivity index (χ2v) is 4.81. The topological polar surface area (TPSA) is 40.6 Å². The number of hydrogen-bond donors (Lipinski definition) is 0. The van der Waals surface area contributed by atoms with Crippen LogP contribution in [0, 0.1) is 5.92 Å². The summed E-state index contributed by atoms with van der Waals surface area (Å²) in [5, 5.41) is 0. The Hall–Kier alpha value is -1.06. The lowest BCUT2D eigenvalue weighted by Crippen LogP contribution is -2.45. The van der Waals surface area contributed by atoms with E-state index < -0.39 is 5.92 Å². The Kier molecular flexibility index (Phi) is 5.48. The zero-order valence-corrected chi connectivity index (χ0v) is 11.4. The molecule has 0 aromatic rings. The van der Waals surface area contributed by atoms with E-state index in [-0.39, 0.29) is 23.9 Å². The van der Waals surface area contributed by atoms with Gasteiger partial charge in [0.1, 0.15) is 5.92 Å². The molecule has 0 radical (unpaired) electrons. The summed E-state index contributed by atoms with van der Waals surface area (Å²) in [6.45, 7) is 9.40. The smallest absolute Gasteiger partial charge is 0.234 e. The molecular formula is C12H24N2O2. The van der Waals surface area contributed by atoms with Gasteiger partial charge in [0.2, 0.25) is 11.8 Å². The van der Waals surface area contributed by atoms with Gasteiger partial charge in [-0.25, -0.2) is 0 Å². The van der Waals surface area contributed by atoms with Crippen LogP contribution in [0.2, 0.25) is 0 Å². The van der Waals surface area contributed by atoms with Crippen LogP contribution in [0.3, 0.4) is 0 Å². The van der Waals surface area contributed by atoms with E-state index in [1.165, 1.54) is 0 Å². The van der Waals surface area contributed by atoms with Crippen LogP contribution >= 0.6 is 0 Å². The monoisotopic (exact) mass is 228 g/mol. The standard InChI is InChI=1S/C12H24N2O2/c1-8(2)13(6)11(15)10(5)12(16)14(7)9(3)4/h8-10H,1-7H3. The number of amides is 2. The van der Waals surface area contributed by atoms with Crippen molar-refractivity contribution < 1.29 is 9.59 Å². The summed E-state index contributed by atoms with van der Waals surface area (Å²) >= 11 is 0. The number of carbonyl (C=O) groups excluding carboxylic acids is 2. The van der Waals surface area contributed by atoms with Crippen molar-refractivity contribution >= 4 is 11.8 Å². The molecule has 4 heteroatoms. The molecule has 0 aromatic heterocycles. The van der Waals surface area contributed by atoms with Crippen LogP contribution in [0.4, 0.5) is 0 Å². The van der Waals surface area contributed by atoms with E-state index in [9.17, 15) is 9.59 Å². The van der Waals surface area contributed by atoms with Gasteiger partial charge in [-0.1, -0.05) is 0 Å². The van der Waals surface area contributed by atoms with Gasteiger partial charge in [-0.3, -0.25) is 9.59 Å². The summed E-state index contributed by atoms with van der Waals surface area (Å²) in [7, 11) is 3.46. The van der Waals surface area contributed by atoms with Gasteiger partial charge in [-0.05, 0) is 34.6 Å². The minimum atomic E-state index is -0.597. The second kappa shape index (κ2) is 5.87. The molecule has 0 N–H and O–H groups in total. The first-order valence-corrected chi connectivity index (χ1v) is 5.73. The fraction of sp³-hybridized carbons (Fsp3) is 0.833. The van der Waals surface area contributed by atoms with Crippen molar-refractivity contribution in [2.24, 2.45) is 5.92 Å². The van der Waals surface area contributed by atoms with Crippen molar-refractivity contribution in [2.45, 2.75) is 46.7 Å². The van der Waals surface area contributed by atoms with Gasteiger partial charge in [0, 0.05) is 26.2 Å². The van der Waals surface area contributed by atoms with E-state index in [0.29, 0.717) is 0 Å². The highest BCUT2D eigenvalue weighted by Crippen LogP contribution is 2.09. The molecule has 0 aliphatic heterocycles. The minimum Gasteiger partial charge on any atom is -0.343 e. The lowest BCUT2D eigenvalue weighted by atomic mass is 10.1. The summed E-state index contributed by atoms with van der Waals surface area (Å²) < 4.78 is 0. The van der Waals surface area contributed by atoms with Crippen molar-refractivity contribution in [1.29, 1.82) is 0 Å². The molecule has 0 saturated heterocycles. The average molecular weight is 228 g/mol. The summed E-state index contributed by atoms with van der Waals surface area (Å²) in [6, 6.07) is 0.235. The van der Waals surface area contributed by atoms with Crippen molar-refractivity contribution in [3.05, 3.63) is 0 Å². The first-order chi connectivity index (χ1) is 7.20. The van der Waals surface area contributed by atoms with Crippen LogP contribution in [0.15, 0.2) is 0 Å². The summed E-state index contributed by atoms with van der Waals surface area (Å²) in [5.41, 5.74) is 0. The minimum absolute atomic E-state index is 0.118. The van der Waals surface area contributed by atoms with Gasteiger partial charge in [0.15, 0.2) is 0 Å². The van der Waals surface area contributed by atoms with Crippen molar-refractivity contribution in [3.63, 3.8) is 0 Å². The number of hydrogen-bond acceptors (Lipinski definition) is 2. The maximum atomic E-state index is 11.9. The highest BCUT2D eigenvalue weighted by atomic mass is 16.2. The van der Waals surface area contributed by atoms with Crippen LogP contribution < -0.4 is 0 Å². The lowest BCUT2D eigenvalue weighted by molar-refractivity contribution is -0.146. The van der Waals surface area contributed by atoms with Crippen molar-refractivity contribution in [3.8, 4) is 0 Å². The molecular weight excluding hydrogens is 204 g/mol. The van der Waals surface area contributed by atoms with Crippen LogP contribution in [-0.2, 0) is 9.59 Å². The molecule has 0 aliphatic rings. The molecule has 0 unspecified atom stereocenters. The van der Waals surface area contributed by atoms with Gasteiger partial charge in [0.05, 0.1) is 0 Å². The van der Waals surface area contributed by atoms with Gasteiger partial charge in [0.25, 0.3) is 0 Å². The molecule has 16 heavy (non-hydrogen) atoms. The van der Waals surface area contributed by atoms with E-state index in [4.69, 9.17) is 0 Å². The Labute approximate surface area is 98.6 Å². The van der Waals surface area contributed by atoms with Crippen LogP contribution in [0.25, 0.3) is 0 Å². The van der Waals surface area contributed by atoms with Crippen LogP contribution in [0.1, 0.15) is 34.6 Å². The first-order valence-electron chi connectivity index (χ1n) is 5.73.